The maximum Gasteiger partial charge on any atom is 0.251 e. The topological polar surface area (TPSA) is 84.2 Å². The largest absolute Gasteiger partial charge is 0.493 e. The third-order valence-electron chi connectivity index (χ3n) is 3.04. The molecular formula is C16H15N3O3. The van der Waals surface area contributed by atoms with Crippen molar-refractivity contribution in [3.8, 4) is 17.6 Å². The molecule has 0 aliphatic rings. The van der Waals surface area contributed by atoms with Crippen LogP contribution in [0.5, 0.6) is 11.5 Å². The van der Waals surface area contributed by atoms with Gasteiger partial charge in [0.05, 0.1) is 14.2 Å². The van der Waals surface area contributed by atoms with Crippen LogP contribution in [-0.2, 0) is 6.54 Å². The van der Waals surface area contributed by atoms with Gasteiger partial charge in [-0.3, -0.25) is 4.79 Å². The first kappa shape index (κ1) is 15.3. The van der Waals surface area contributed by atoms with Crippen LogP contribution in [0.3, 0.4) is 0 Å². The average molecular weight is 297 g/mol. The number of pyridine rings is 1. The van der Waals surface area contributed by atoms with Gasteiger partial charge in [0.2, 0.25) is 0 Å². The normalized spacial score (nSPS) is 9.68. The van der Waals surface area contributed by atoms with Gasteiger partial charge in [0, 0.05) is 18.3 Å². The molecule has 2 rings (SSSR count). The highest BCUT2D eigenvalue weighted by molar-refractivity contribution is 5.94. The number of benzene rings is 1. The van der Waals surface area contributed by atoms with E-state index in [4.69, 9.17) is 14.7 Å². The van der Waals surface area contributed by atoms with Gasteiger partial charge >= 0.3 is 0 Å². The maximum absolute atomic E-state index is 12.1. The summed E-state index contributed by atoms with van der Waals surface area (Å²) in [5.41, 5.74) is 1.48. The molecule has 0 aliphatic carbocycles. The van der Waals surface area contributed by atoms with Crippen molar-refractivity contribution in [2.24, 2.45) is 0 Å². The number of methoxy groups -OCH3 is 2. The standard InChI is InChI=1S/C16H15N3O3/c1-21-14-4-3-11(7-15(14)22-2)10-19-16(20)12-5-6-18-13(8-12)9-17/h3-8H,10H2,1-2H3,(H,19,20). The van der Waals surface area contributed by atoms with Gasteiger partial charge in [-0.1, -0.05) is 6.07 Å². The van der Waals surface area contributed by atoms with Crippen molar-refractivity contribution in [3.63, 3.8) is 0 Å². The molecule has 1 amide bonds. The van der Waals surface area contributed by atoms with E-state index in [0.29, 0.717) is 23.6 Å². The minimum atomic E-state index is -0.270. The molecule has 0 bridgehead atoms. The van der Waals surface area contributed by atoms with E-state index in [2.05, 4.69) is 10.3 Å². The summed E-state index contributed by atoms with van der Waals surface area (Å²) in [4.78, 5) is 15.9. The quantitative estimate of drug-likeness (QED) is 0.911. The maximum atomic E-state index is 12.1. The second-order valence-electron chi connectivity index (χ2n) is 4.41. The van der Waals surface area contributed by atoms with Crippen LogP contribution in [0.25, 0.3) is 0 Å². The van der Waals surface area contributed by atoms with Gasteiger partial charge in [0.1, 0.15) is 11.8 Å². The van der Waals surface area contributed by atoms with Gasteiger partial charge in [0.15, 0.2) is 11.5 Å². The summed E-state index contributed by atoms with van der Waals surface area (Å²) in [6.45, 7) is 0.337. The Bertz CT molecular complexity index is 723. The van der Waals surface area contributed by atoms with Crippen molar-refractivity contribution in [1.82, 2.24) is 10.3 Å². The number of hydrogen-bond acceptors (Lipinski definition) is 5. The number of rotatable bonds is 5. The second kappa shape index (κ2) is 7.09. The monoisotopic (exact) mass is 297 g/mol. The number of ether oxygens (including phenoxy) is 2. The molecule has 22 heavy (non-hydrogen) atoms. The molecule has 6 nitrogen and oxygen atoms in total. The van der Waals surface area contributed by atoms with Crippen molar-refractivity contribution < 1.29 is 14.3 Å². The average Bonchev–Trinajstić information content (AvgIpc) is 2.59. The first-order chi connectivity index (χ1) is 10.7. The Labute approximate surface area is 128 Å². The predicted octanol–water partition coefficient (Wildman–Crippen LogP) is 1.90. The van der Waals surface area contributed by atoms with Crippen molar-refractivity contribution in [3.05, 3.63) is 53.3 Å². The Morgan fingerprint density at radius 1 is 1.23 bits per heavy atom. The summed E-state index contributed by atoms with van der Waals surface area (Å²) < 4.78 is 10.4. The highest BCUT2D eigenvalue weighted by Crippen LogP contribution is 2.27. The molecule has 0 saturated heterocycles. The van der Waals surface area contributed by atoms with E-state index in [1.165, 1.54) is 12.3 Å². The minimum absolute atomic E-state index is 0.207. The number of nitrogens with zero attached hydrogens (tertiary/aromatic N) is 2. The molecule has 0 aliphatic heterocycles. The van der Waals surface area contributed by atoms with Crippen LogP contribution in [0, 0.1) is 11.3 Å². The fraction of sp³-hybridized carbons (Fsp3) is 0.188. The smallest absolute Gasteiger partial charge is 0.251 e. The van der Waals surface area contributed by atoms with Crippen LogP contribution in [-0.4, -0.2) is 25.1 Å². The van der Waals surface area contributed by atoms with Gasteiger partial charge in [-0.25, -0.2) is 4.98 Å². The van der Waals surface area contributed by atoms with Crippen LogP contribution in [0.4, 0.5) is 0 Å². The SMILES string of the molecule is COc1ccc(CNC(=O)c2ccnc(C#N)c2)cc1OC. The zero-order chi connectivity index (χ0) is 15.9. The Hall–Kier alpha value is -3.07. The predicted molar refractivity (Wildman–Crippen MR) is 79.7 cm³/mol. The van der Waals surface area contributed by atoms with E-state index in [1.54, 1.807) is 32.4 Å². The van der Waals surface area contributed by atoms with Gasteiger partial charge < -0.3 is 14.8 Å². The van der Waals surface area contributed by atoms with Crippen LogP contribution in [0.2, 0.25) is 0 Å². The van der Waals surface area contributed by atoms with E-state index < -0.39 is 0 Å². The van der Waals surface area contributed by atoms with Gasteiger partial charge in [-0.15, -0.1) is 0 Å². The lowest BCUT2D eigenvalue weighted by Crippen LogP contribution is -2.23. The van der Waals surface area contributed by atoms with E-state index in [9.17, 15) is 4.79 Å². The molecule has 0 fully saturated rings. The summed E-state index contributed by atoms with van der Waals surface area (Å²) in [5.74, 6) is 0.962. The molecule has 1 aromatic carbocycles. The van der Waals surface area contributed by atoms with Crippen LogP contribution in [0.15, 0.2) is 36.5 Å². The number of aromatic nitrogens is 1. The molecule has 2 aromatic rings. The molecule has 112 valence electrons. The van der Waals surface area contributed by atoms with E-state index in [0.717, 1.165) is 5.56 Å². The summed E-state index contributed by atoms with van der Waals surface area (Å²) in [7, 11) is 3.12. The Morgan fingerprint density at radius 3 is 2.68 bits per heavy atom. The summed E-state index contributed by atoms with van der Waals surface area (Å²) in [6.07, 6.45) is 1.43. The third-order valence-corrected chi connectivity index (χ3v) is 3.04. The second-order valence-corrected chi connectivity index (χ2v) is 4.41. The number of amides is 1. The van der Waals surface area contributed by atoms with Crippen LogP contribution < -0.4 is 14.8 Å². The number of carbonyl (C=O) groups excluding carboxylic acids is 1. The van der Waals surface area contributed by atoms with Crippen molar-refractivity contribution in [1.29, 1.82) is 5.26 Å². The zero-order valence-electron chi connectivity index (χ0n) is 12.3. The van der Waals surface area contributed by atoms with Crippen molar-refractivity contribution in [2.45, 2.75) is 6.54 Å². The van der Waals surface area contributed by atoms with E-state index in [-0.39, 0.29) is 11.6 Å². The Balaban J connectivity index is 2.06. The molecule has 1 heterocycles. The molecule has 6 heteroatoms. The summed E-state index contributed by atoms with van der Waals surface area (Å²) in [5, 5.41) is 11.6. The highest BCUT2D eigenvalue weighted by atomic mass is 16.5. The molecule has 0 atom stereocenters. The van der Waals surface area contributed by atoms with Gasteiger partial charge in [-0.05, 0) is 29.8 Å². The number of nitriles is 1. The third kappa shape index (κ3) is 3.52. The van der Waals surface area contributed by atoms with Crippen molar-refractivity contribution in [2.75, 3.05) is 14.2 Å². The van der Waals surface area contributed by atoms with Gasteiger partial charge in [-0.2, -0.15) is 5.26 Å². The minimum Gasteiger partial charge on any atom is -0.493 e. The summed E-state index contributed by atoms with van der Waals surface area (Å²) >= 11 is 0. The fourth-order valence-electron chi connectivity index (χ4n) is 1.91. The number of nitrogens with one attached hydrogen (secondary N) is 1. The lowest BCUT2D eigenvalue weighted by molar-refractivity contribution is 0.0950. The first-order valence-electron chi connectivity index (χ1n) is 6.53. The van der Waals surface area contributed by atoms with E-state index >= 15 is 0 Å². The number of hydrogen-bond donors (Lipinski definition) is 1. The van der Waals surface area contributed by atoms with Crippen LogP contribution >= 0.6 is 0 Å². The Morgan fingerprint density at radius 2 is 2.00 bits per heavy atom. The molecule has 0 saturated carbocycles. The molecule has 0 unspecified atom stereocenters. The van der Waals surface area contributed by atoms with Gasteiger partial charge in [0.25, 0.3) is 5.91 Å². The highest BCUT2D eigenvalue weighted by Gasteiger charge is 2.08. The fourth-order valence-corrected chi connectivity index (χ4v) is 1.91. The first-order valence-corrected chi connectivity index (χ1v) is 6.53. The number of carbonyl (C=O) groups is 1. The molecule has 1 N–H and O–H groups in total. The lowest BCUT2D eigenvalue weighted by atomic mass is 10.2. The Kier molecular flexibility index (Phi) is 4.94. The van der Waals surface area contributed by atoms with Crippen molar-refractivity contribution >= 4 is 5.91 Å². The molecule has 0 spiro atoms. The summed E-state index contributed by atoms with van der Waals surface area (Å²) in [6, 6.07) is 10.3. The zero-order valence-corrected chi connectivity index (χ0v) is 12.3. The lowest BCUT2D eigenvalue weighted by Gasteiger charge is -2.10. The molecule has 1 aromatic heterocycles. The molecule has 0 radical (unpaired) electrons. The van der Waals surface area contributed by atoms with Crippen LogP contribution in [0.1, 0.15) is 21.6 Å². The van der Waals surface area contributed by atoms with E-state index in [1.807, 2.05) is 12.1 Å². The molecular weight excluding hydrogens is 282 g/mol.